The summed E-state index contributed by atoms with van der Waals surface area (Å²) in [4.78, 5) is 21.8. The van der Waals surface area contributed by atoms with Crippen molar-refractivity contribution in [3.05, 3.63) is 64.1 Å². The van der Waals surface area contributed by atoms with Crippen molar-refractivity contribution in [3.63, 3.8) is 0 Å². The molecule has 0 amide bonds. The van der Waals surface area contributed by atoms with Crippen LogP contribution in [0.4, 0.5) is 0 Å². The van der Waals surface area contributed by atoms with E-state index in [1.54, 1.807) is 12.3 Å². The lowest BCUT2D eigenvalue weighted by Crippen LogP contribution is -2.13. The van der Waals surface area contributed by atoms with Crippen LogP contribution in [0.2, 0.25) is 0 Å². The van der Waals surface area contributed by atoms with Crippen molar-refractivity contribution >= 4 is 11.0 Å². The first-order valence-electron chi connectivity index (χ1n) is 8.48. The van der Waals surface area contributed by atoms with Crippen LogP contribution < -0.4 is 5.43 Å². The highest BCUT2D eigenvalue weighted by Gasteiger charge is 2.17. The van der Waals surface area contributed by atoms with Gasteiger partial charge in [-0.25, -0.2) is 4.98 Å². The zero-order chi connectivity index (χ0) is 18.3. The Morgan fingerprint density at radius 3 is 2.54 bits per heavy atom. The van der Waals surface area contributed by atoms with Crippen LogP contribution in [0, 0.1) is 13.8 Å². The van der Waals surface area contributed by atoms with Crippen molar-refractivity contribution < 1.29 is 4.52 Å². The third kappa shape index (κ3) is 2.69. The normalized spacial score (nSPS) is 11.2. The summed E-state index contributed by atoms with van der Waals surface area (Å²) in [6.45, 7) is 6.61. The molecule has 0 aliphatic heterocycles. The van der Waals surface area contributed by atoms with Gasteiger partial charge in [-0.3, -0.25) is 4.79 Å². The van der Waals surface area contributed by atoms with E-state index in [0.717, 1.165) is 16.8 Å². The number of hydrogen-bond acceptors (Lipinski definition) is 5. The highest BCUT2D eigenvalue weighted by molar-refractivity contribution is 5.80. The van der Waals surface area contributed by atoms with E-state index >= 15 is 0 Å². The van der Waals surface area contributed by atoms with E-state index < -0.39 is 0 Å². The van der Waals surface area contributed by atoms with Gasteiger partial charge in [-0.05, 0) is 32.9 Å². The van der Waals surface area contributed by atoms with Crippen LogP contribution in [0.25, 0.3) is 33.9 Å². The second-order valence-corrected chi connectivity index (χ2v) is 6.27. The third-order valence-corrected chi connectivity index (χ3v) is 4.37. The molecule has 0 bridgehead atoms. The van der Waals surface area contributed by atoms with E-state index in [4.69, 9.17) is 4.52 Å². The van der Waals surface area contributed by atoms with Crippen molar-refractivity contribution in [2.75, 3.05) is 0 Å². The fraction of sp³-hybridized carbons (Fsp3) is 0.200. The van der Waals surface area contributed by atoms with Gasteiger partial charge < -0.3 is 9.09 Å². The molecule has 0 saturated carbocycles. The van der Waals surface area contributed by atoms with Gasteiger partial charge in [-0.15, -0.1) is 0 Å². The summed E-state index contributed by atoms with van der Waals surface area (Å²) in [6.07, 6.45) is 1.74. The first-order valence-corrected chi connectivity index (χ1v) is 8.48. The van der Waals surface area contributed by atoms with Gasteiger partial charge in [0.15, 0.2) is 0 Å². The lowest BCUT2D eigenvalue weighted by atomic mass is 10.1. The molecule has 4 aromatic rings. The topological polar surface area (TPSA) is 73.8 Å². The van der Waals surface area contributed by atoms with E-state index in [-0.39, 0.29) is 11.3 Å². The minimum atomic E-state index is -0.156. The Morgan fingerprint density at radius 2 is 1.81 bits per heavy atom. The second-order valence-electron chi connectivity index (χ2n) is 6.27. The van der Waals surface area contributed by atoms with E-state index in [1.165, 1.54) is 0 Å². The maximum atomic E-state index is 12.9. The summed E-state index contributed by atoms with van der Waals surface area (Å²) in [5, 5.41) is 4.58. The monoisotopic (exact) mass is 346 g/mol. The van der Waals surface area contributed by atoms with Crippen LogP contribution in [0.3, 0.4) is 0 Å². The van der Waals surface area contributed by atoms with Crippen molar-refractivity contribution in [1.29, 1.82) is 0 Å². The molecule has 4 rings (SSSR count). The smallest absolute Gasteiger partial charge is 0.263 e. The maximum Gasteiger partial charge on any atom is 0.263 e. The fourth-order valence-electron chi connectivity index (χ4n) is 2.91. The molecule has 3 aromatic heterocycles. The number of rotatable bonds is 3. The molecule has 1 aromatic carbocycles. The average Bonchev–Trinajstić information content (AvgIpc) is 3.12. The Morgan fingerprint density at radius 1 is 1.04 bits per heavy atom. The van der Waals surface area contributed by atoms with Crippen LogP contribution in [-0.4, -0.2) is 19.7 Å². The lowest BCUT2D eigenvalue weighted by molar-refractivity contribution is 0.431. The Hall–Kier alpha value is -3.28. The van der Waals surface area contributed by atoms with Gasteiger partial charge in [-0.1, -0.05) is 35.0 Å². The van der Waals surface area contributed by atoms with Gasteiger partial charge in [0.25, 0.3) is 5.89 Å². The highest BCUT2D eigenvalue weighted by Crippen LogP contribution is 2.22. The summed E-state index contributed by atoms with van der Waals surface area (Å²) in [5.41, 5.74) is 3.76. The highest BCUT2D eigenvalue weighted by atomic mass is 16.5. The zero-order valence-corrected chi connectivity index (χ0v) is 14.9. The van der Waals surface area contributed by atoms with Gasteiger partial charge in [0, 0.05) is 24.0 Å². The number of aryl methyl sites for hydroxylation is 3. The number of aromatic nitrogens is 4. The predicted molar refractivity (Wildman–Crippen MR) is 99.9 cm³/mol. The van der Waals surface area contributed by atoms with Crippen LogP contribution >= 0.6 is 0 Å². The molecule has 0 unspecified atom stereocenters. The minimum Gasteiger partial charge on any atom is -0.333 e. The van der Waals surface area contributed by atoms with Crippen molar-refractivity contribution in [3.8, 4) is 22.8 Å². The largest absolute Gasteiger partial charge is 0.333 e. The van der Waals surface area contributed by atoms with Gasteiger partial charge >= 0.3 is 0 Å². The molecule has 0 atom stereocenters. The molecule has 130 valence electrons. The number of benzene rings is 1. The Kier molecular flexibility index (Phi) is 3.88. The Labute approximate surface area is 150 Å². The van der Waals surface area contributed by atoms with Gasteiger partial charge in [-0.2, -0.15) is 4.98 Å². The lowest BCUT2D eigenvalue weighted by Gasteiger charge is -2.09. The van der Waals surface area contributed by atoms with Crippen molar-refractivity contribution in [2.24, 2.45) is 0 Å². The SMILES string of the molecule is CCn1cc(-c2nc(-c3ccc(C)cc3)no2)c(=O)c2ccc(C)nc21. The number of fused-ring (bicyclic) bond motifs is 1. The number of nitrogens with zero attached hydrogens (tertiary/aromatic N) is 4. The first-order chi connectivity index (χ1) is 12.6. The molecule has 0 fully saturated rings. The maximum absolute atomic E-state index is 12.9. The van der Waals surface area contributed by atoms with Crippen LogP contribution in [0.15, 0.2) is 51.9 Å². The Bertz CT molecular complexity index is 1160. The third-order valence-electron chi connectivity index (χ3n) is 4.37. The molecule has 6 heteroatoms. The van der Waals surface area contributed by atoms with E-state index in [1.807, 2.05) is 55.7 Å². The van der Waals surface area contributed by atoms with Crippen molar-refractivity contribution in [2.45, 2.75) is 27.3 Å². The fourth-order valence-corrected chi connectivity index (χ4v) is 2.91. The van der Waals surface area contributed by atoms with E-state index in [0.29, 0.717) is 29.0 Å². The standard InChI is InChI=1S/C20H18N4O2/c1-4-24-11-16(17(25)15-10-7-13(3)21-19(15)24)20-22-18(23-26-20)14-8-5-12(2)6-9-14/h5-11H,4H2,1-3H3. The van der Waals surface area contributed by atoms with E-state index in [9.17, 15) is 4.79 Å². The molecule has 0 saturated heterocycles. The molecule has 0 N–H and O–H groups in total. The minimum absolute atomic E-state index is 0.156. The van der Waals surface area contributed by atoms with Gasteiger partial charge in [0.05, 0.1) is 5.39 Å². The molecule has 6 nitrogen and oxygen atoms in total. The molecular weight excluding hydrogens is 328 g/mol. The second kappa shape index (κ2) is 6.22. The summed E-state index contributed by atoms with van der Waals surface area (Å²) in [6, 6.07) is 11.5. The van der Waals surface area contributed by atoms with Crippen LogP contribution in [-0.2, 0) is 6.54 Å². The molecule has 0 spiro atoms. The molecule has 26 heavy (non-hydrogen) atoms. The quantitative estimate of drug-likeness (QED) is 0.565. The summed E-state index contributed by atoms with van der Waals surface area (Å²) in [7, 11) is 0. The zero-order valence-electron chi connectivity index (χ0n) is 14.9. The first kappa shape index (κ1) is 16.2. The average molecular weight is 346 g/mol. The van der Waals surface area contributed by atoms with Crippen molar-refractivity contribution in [1.82, 2.24) is 19.7 Å². The Balaban J connectivity index is 1.87. The van der Waals surface area contributed by atoms with Crippen LogP contribution in [0.1, 0.15) is 18.2 Å². The number of hydrogen-bond donors (Lipinski definition) is 0. The molecule has 3 heterocycles. The summed E-state index contributed by atoms with van der Waals surface area (Å²) >= 11 is 0. The van der Waals surface area contributed by atoms with Gasteiger partial charge in [0.2, 0.25) is 11.3 Å². The van der Waals surface area contributed by atoms with Gasteiger partial charge in [0.1, 0.15) is 11.2 Å². The molecular formula is C20H18N4O2. The molecule has 0 radical (unpaired) electrons. The summed E-state index contributed by atoms with van der Waals surface area (Å²) in [5.74, 6) is 0.680. The summed E-state index contributed by atoms with van der Waals surface area (Å²) < 4.78 is 7.32. The molecule has 0 aliphatic carbocycles. The van der Waals surface area contributed by atoms with E-state index in [2.05, 4.69) is 15.1 Å². The van der Waals surface area contributed by atoms with Crippen LogP contribution in [0.5, 0.6) is 0 Å². The molecule has 0 aliphatic rings. The predicted octanol–water partition coefficient (Wildman–Crippen LogP) is 3.75. The number of pyridine rings is 2.